The van der Waals surface area contributed by atoms with Gasteiger partial charge in [0.05, 0.1) is 4.90 Å². The van der Waals surface area contributed by atoms with Crippen molar-refractivity contribution in [1.82, 2.24) is 0 Å². The van der Waals surface area contributed by atoms with Crippen molar-refractivity contribution in [3.05, 3.63) is 102 Å². The van der Waals surface area contributed by atoms with Gasteiger partial charge in [0.15, 0.2) is 9.84 Å². The molecular formula is C24H20O2S. The van der Waals surface area contributed by atoms with E-state index >= 15 is 0 Å². The second kappa shape index (κ2) is 7.06. The van der Waals surface area contributed by atoms with Gasteiger partial charge in [-0.3, -0.25) is 0 Å². The van der Waals surface area contributed by atoms with Gasteiger partial charge in [-0.25, -0.2) is 8.42 Å². The Morgan fingerprint density at radius 2 is 1.26 bits per heavy atom. The van der Waals surface area contributed by atoms with Gasteiger partial charge < -0.3 is 0 Å². The second-order valence-electron chi connectivity index (χ2n) is 6.85. The zero-order chi connectivity index (χ0) is 18.7. The average molecular weight is 372 g/mol. The van der Waals surface area contributed by atoms with Crippen molar-refractivity contribution >= 4 is 9.84 Å². The molecule has 0 N–H and O–H groups in total. The molecule has 1 saturated carbocycles. The lowest BCUT2D eigenvalue weighted by molar-refractivity contribution is 0.599. The molecule has 3 aromatic carbocycles. The Morgan fingerprint density at radius 1 is 0.778 bits per heavy atom. The van der Waals surface area contributed by atoms with Crippen LogP contribution < -0.4 is 0 Å². The lowest BCUT2D eigenvalue weighted by Gasteiger charge is -2.17. The summed E-state index contributed by atoms with van der Waals surface area (Å²) in [5, 5.41) is 0. The van der Waals surface area contributed by atoms with Crippen LogP contribution in [0.4, 0.5) is 0 Å². The fourth-order valence-corrected chi connectivity index (χ4v) is 4.70. The van der Waals surface area contributed by atoms with Crippen LogP contribution in [-0.2, 0) is 15.3 Å². The van der Waals surface area contributed by atoms with E-state index in [1.54, 1.807) is 24.3 Å². The van der Waals surface area contributed by atoms with Crippen molar-refractivity contribution in [3.8, 4) is 11.8 Å². The molecule has 3 aromatic rings. The molecule has 27 heavy (non-hydrogen) atoms. The standard InChI is InChI=1S/C24H20O2S/c25-27(26,23-16-8-3-9-17-23)18-10-15-22-19-24(22,20-11-4-1-5-12-20)21-13-6-2-7-14-21/h1-9,11-14,16-17,22H,18-19H2. The number of rotatable bonds is 4. The van der Waals surface area contributed by atoms with Crippen LogP contribution in [-0.4, -0.2) is 14.2 Å². The molecule has 3 heteroatoms. The lowest BCUT2D eigenvalue weighted by atomic mass is 9.86. The van der Waals surface area contributed by atoms with Gasteiger partial charge in [-0.15, -0.1) is 0 Å². The van der Waals surface area contributed by atoms with E-state index in [0.717, 1.165) is 6.42 Å². The average Bonchev–Trinajstić information content (AvgIpc) is 3.45. The minimum absolute atomic E-state index is 0.133. The number of benzene rings is 3. The van der Waals surface area contributed by atoms with E-state index in [-0.39, 0.29) is 17.1 Å². The summed E-state index contributed by atoms with van der Waals surface area (Å²) < 4.78 is 24.9. The zero-order valence-corrected chi connectivity index (χ0v) is 15.7. The first kappa shape index (κ1) is 17.6. The van der Waals surface area contributed by atoms with Crippen molar-refractivity contribution in [2.75, 3.05) is 5.75 Å². The van der Waals surface area contributed by atoms with E-state index in [0.29, 0.717) is 4.90 Å². The second-order valence-corrected chi connectivity index (χ2v) is 8.84. The molecule has 1 atom stereocenters. The third-order valence-corrected chi connectivity index (χ3v) is 6.69. The Labute approximate surface area is 160 Å². The van der Waals surface area contributed by atoms with Crippen LogP contribution in [0.15, 0.2) is 95.9 Å². The van der Waals surface area contributed by atoms with E-state index in [1.165, 1.54) is 11.1 Å². The Hall–Kier alpha value is -2.83. The predicted octanol–water partition coefficient (Wildman–Crippen LogP) is 4.47. The summed E-state index contributed by atoms with van der Waals surface area (Å²) in [6, 6.07) is 29.2. The van der Waals surface area contributed by atoms with Gasteiger partial charge in [0.2, 0.25) is 0 Å². The van der Waals surface area contributed by atoms with Crippen LogP contribution in [0.3, 0.4) is 0 Å². The maximum absolute atomic E-state index is 12.4. The zero-order valence-electron chi connectivity index (χ0n) is 14.9. The first-order valence-electron chi connectivity index (χ1n) is 9.00. The number of hydrogen-bond acceptors (Lipinski definition) is 2. The van der Waals surface area contributed by atoms with E-state index in [9.17, 15) is 8.42 Å². The molecule has 134 valence electrons. The molecule has 0 aromatic heterocycles. The first-order valence-corrected chi connectivity index (χ1v) is 10.7. The number of sulfone groups is 1. The molecule has 0 amide bonds. The third kappa shape index (κ3) is 3.41. The Kier molecular flexibility index (Phi) is 4.59. The first-order chi connectivity index (χ1) is 13.1. The number of hydrogen-bond donors (Lipinski definition) is 0. The van der Waals surface area contributed by atoms with Crippen LogP contribution in [0.2, 0.25) is 0 Å². The maximum atomic E-state index is 12.4. The third-order valence-electron chi connectivity index (χ3n) is 5.18. The SMILES string of the molecule is O=S(=O)(CC#CC1CC1(c1ccccc1)c1ccccc1)c1ccccc1. The highest BCUT2D eigenvalue weighted by atomic mass is 32.2. The van der Waals surface area contributed by atoms with E-state index < -0.39 is 9.84 Å². The predicted molar refractivity (Wildman–Crippen MR) is 108 cm³/mol. The summed E-state index contributed by atoms with van der Waals surface area (Å²) in [5.41, 5.74) is 2.34. The van der Waals surface area contributed by atoms with Crippen molar-refractivity contribution < 1.29 is 8.42 Å². The minimum Gasteiger partial charge on any atom is -0.223 e. The van der Waals surface area contributed by atoms with Crippen LogP contribution in [0.25, 0.3) is 0 Å². The van der Waals surface area contributed by atoms with Gasteiger partial charge in [-0.2, -0.15) is 0 Å². The molecule has 4 rings (SSSR count). The largest absolute Gasteiger partial charge is 0.223 e. The molecule has 1 fully saturated rings. The minimum atomic E-state index is -3.37. The molecular weight excluding hydrogens is 352 g/mol. The highest BCUT2D eigenvalue weighted by Crippen LogP contribution is 2.58. The monoisotopic (exact) mass is 372 g/mol. The molecule has 0 saturated heterocycles. The van der Waals surface area contributed by atoms with Crippen LogP contribution in [0, 0.1) is 17.8 Å². The van der Waals surface area contributed by atoms with Crippen molar-refractivity contribution in [3.63, 3.8) is 0 Å². The molecule has 0 aliphatic heterocycles. The van der Waals surface area contributed by atoms with Gasteiger partial charge in [-0.05, 0) is 29.7 Å². The molecule has 1 aliphatic carbocycles. The van der Waals surface area contributed by atoms with Crippen LogP contribution in [0.5, 0.6) is 0 Å². The Morgan fingerprint density at radius 3 is 1.78 bits per heavy atom. The Bertz CT molecular complexity index is 1040. The molecule has 0 spiro atoms. The quantitative estimate of drug-likeness (QED) is 0.633. The van der Waals surface area contributed by atoms with Crippen LogP contribution >= 0.6 is 0 Å². The molecule has 1 aliphatic rings. The summed E-state index contributed by atoms with van der Waals surface area (Å²) in [7, 11) is -3.37. The van der Waals surface area contributed by atoms with Crippen LogP contribution in [0.1, 0.15) is 17.5 Å². The fraction of sp³-hybridized carbons (Fsp3) is 0.167. The van der Waals surface area contributed by atoms with Gasteiger partial charge in [0, 0.05) is 11.3 Å². The molecule has 2 nitrogen and oxygen atoms in total. The molecule has 0 radical (unpaired) electrons. The van der Waals surface area contributed by atoms with E-state index in [1.807, 2.05) is 42.5 Å². The van der Waals surface area contributed by atoms with Crippen molar-refractivity contribution in [1.29, 1.82) is 0 Å². The van der Waals surface area contributed by atoms with Crippen molar-refractivity contribution in [2.45, 2.75) is 16.7 Å². The van der Waals surface area contributed by atoms with Crippen molar-refractivity contribution in [2.24, 2.45) is 5.92 Å². The summed E-state index contributed by atoms with van der Waals surface area (Å²) in [4.78, 5) is 0.326. The topological polar surface area (TPSA) is 34.1 Å². The van der Waals surface area contributed by atoms with Gasteiger partial charge >= 0.3 is 0 Å². The lowest BCUT2D eigenvalue weighted by Crippen LogP contribution is -2.12. The summed E-state index contributed by atoms with van der Waals surface area (Å²) in [5.74, 6) is 6.17. The normalized spacial score (nSPS) is 17.6. The smallest absolute Gasteiger partial charge is 0.189 e. The van der Waals surface area contributed by atoms with Gasteiger partial charge in [0.1, 0.15) is 5.75 Å². The van der Waals surface area contributed by atoms with E-state index in [4.69, 9.17) is 0 Å². The highest BCUT2D eigenvalue weighted by Gasteiger charge is 2.55. The summed E-state index contributed by atoms with van der Waals surface area (Å²) in [6.07, 6.45) is 0.916. The highest BCUT2D eigenvalue weighted by molar-refractivity contribution is 7.91. The molecule has 0 heterocycles. The maximum Gasteiger partial charge on any atom is 0.189 e. The van der Waals surface area contributed by atoms with Gasteiger partial charge in [-0.1, -0.05) is 90.7 Å². The Balaban J connectivity index is 1.60. The summed E-state index contributed by atoms with van der Waals surface area (Å²) in [6.45, 7) is 0. The summed E-state index contributed by atoms with van der Waals surface area (Å²) >= 11 is 0. The fourth-order valence-electron chi connectivity index (χ4n) is 3.68. The van der Waals surface area contributed by atoms with Gasteiger partial charge in [0.25, 0.3) is 0 Å². The molecule has 0 bridgehead atoms. The molecule has 1 unspecified atom stereocenters. The van der Waals surface area contributed by atoms with E-state index in [2.05, 4.69) is 36.1 Å².